The number of nitrogens with zero attached hydrogens (tertiary/aromatic N) is 5. The molecule has 1 heterocycles. The van der Waals surface area contributed by atoms with Crippen LogP contribution in [0, 0.1) is 10.8 Å². The SMILES string of the molecule is CC(C)(C)C.CN=C(N)N(C(=O)c1ccc(-c2cnn(C(F)F)c2)cc1)C(COC1CC1)c1ccc(Cl)c(C(N)=NC=N)c1.O=CNCC(F)(F)F. The third-order valence-corrected chi connectivity index (χ3v) is 6.86. The lowest BCUT2D eigenvalue weighted by Crippen LogP contribution is -2.46. The molecular formula is C34H43ClF5N9O3. The first-order valence-corrected chi connectivity index (χ1v) is 16.1. The first kappa shape index (κ1) is 43.3. The number of halogens is 6. The molecule has 1 saturated carbocycles. The number of rotatable bonds is 12. The predicted octanol–water partition coefficient (Wildman–Crippen LogP) is 6.57. The lowest BCUT2D eigenvalue weighted by molar-refractivity contribution is -0.132. The maximum Gasteiger partial charge on any atom is 0.405 e. The van der Waals surface area contributed by atoms with E-state index >= 15 is 0 Å². The van der Waals surface area contributed by atoms with E-state index in [1.54, 1.807) is 42.5 Å². The summed E-state index contributed by atoms with van der Waals surface area (Å²) in [6.07, 6.45) is 1.02. The van der Waals surface area contributed by atoms with Gasteiger partial charge < -0.3 is 21.5 Å². The Bertz CT molecular complexity index is 1680. The van der Waals surface area contributed by atoms with Gasteiger partial charge in [-0.2, -0.15) is 27.1 Å². The molecule has 12 nitrogen and oxygen atoms in total. The van der Waals surface area contributed by atoms with Crippen LogP contribution in [0.2, 0.25) is 5.02 Å². The van der Waals surface area contributed by atoms with Crippen molar-refractivity contribution >= 4 is 42.1 Å². The fraction of sp³-hybridized carbons (Fsp3) is 0.412. The molecule has 2 amide bonds. The molecule has 3 aromatic rings. The van der Waals surface area contributed by atoms with Crippen LogP contribution in [0.5, 0.6) is 0 Å². The van der Waals surface area contributed by atoms with E-state index < -0.39 is 31.2 Å². The molecule has 1 aliphatic carbocycles. The molecule has 0 aliphatic heterocycles. The zero-order chi connectivity index (χ0) is 39.2. The Balaban J connectivity index is 0.000000614. The summed E-state index contributed by atoms with van der Waals surface area (Å²) in [4.78, 5) is 32.3. The normalized spacial score (nSPS) is 14.0. The average Bonchev–Trinajstić information content (AvgIpc) is 3.76. The lowest BCUT2D eigenvalue weighted by Gasteiger charge is -2.31. The lowest BCUT2D eigenvalue weighted by atomic mass is 10.0. The Morgan fingerprint density at radius 2 is 1.75 bits per heavy atom. The Hall–Kier alpha value is -4.90. The fourth-order valence-corrected chi connectivity index (χ4v) is 4.29. The number of alkyl halides is 5. The predicted molar refractivity (Wildman–Crippen MR) is 191 cm³/mol. The highest BCUT2D eigenvalue weighted by Gasteiger charge is 2.33. The number of nitrogens with two attached hydrogens (primary N) is 2. The van der Waals surface area contributed by atoms with Gasteiger partial charge in [0, 0.05) is 29.9 Å². The summed E-state index contributed by atoms with van der Waals surface area (Å²) in [7, 11) is 1.47. The van der Waals surface area contributed by atoms with Crippen LogP contribution >= 0.6 is 11.6 Å². The highest BCUT2D eigenvalue weighted by atomic mass is 35.5. The molecule has 1 atom stereocenters. The van der Waals surface area contributed by atoms with E-state index in [1.807, 2.05) is 0 Å². The topological polar surface area (TPSA) is 177 Å². The van der Waals surface area contributed by atoms with Crippen molar-refractivity contribution in [2.45, 2.75) is 65.4 Å². The van der Waals surface area contributed by atoms with Crippen LogP contribution in [0.1, 0.15) is 74.6 Å². The van der Waals surface area contributed by atoms with Gasteiger partial charge in [0.05, 0.1) is 30.0 Å². The van der Waals surface area contributed by atoms with Gasteiger partial charge in [0.2, 0.25) is 6.41 Å². The number of carbonyl (C=O) groups excluding carboxylic acids is 2. The smallest absolute Gasteiger partial charge is 0.383 e. The summed E-state index contributed by atoms with van der Waals surface area (Å²) >= 11 is 6.34. The number of guanidine groups is 1. The number of carbonyl (C=O) groups is 2. The molecular weight excluding hydrogens is 713 g/mol. The molecule has 0 spiro atoms. The van der Waals surface area contributed by atoms with E-state index in [9.17, 15) is 31.5 Å². The van der Waals surface area contributed by atoms with Gasteiger partial charge in [-0.3, -0.25) is 24.9 Å². The van der Waals surface area contributed by atoms with Crippen molar-refractivity contribution in [2.24, 2.45) is 26.9 Å². The molecule has 0 saturated heterocycles. The van der Waals surface area contributed by atoms with Gasteiger partial charge in [-0.15, -0.1) is 0 Å². The van der Waals surface area contributed by atoms with Crippen LogP contribution in [0.15, 0.2) is 64.8 Å². The highest BCUT2D eigenvalue weighted by molar-refractivity contribution is 6.34. The third-order valence-electron chi connectivity index (χ3n) is 6.53. The molecule has 52 heavy (non-hydrogen) atoms. The van der Waals surface area contributed by atoms with E-state index in [0.717, 1.165) is 19.2 Å². The monoisotopic (exact) mass is 755 g/mol. The zero-order valence-electron chi connectivity index (χ0n) is 29.3. The number of ether oxygens (including phenoxy) is 1. The van der Waals surface area contributed by atoms with Crippen molar-refractivity contribution in [1.82, 2.24) is 20.0 Å². The van der Waals surface area contributed by atoms with Gasteiger partial charge >= 0.3 is 12.7 Å². The minimum Gasteiger partial charge on any atom is -0.383 e. The molecule has 18 heteroatoms. The van der Waals surface area contributed by atoms with Crippen LogP contribution in [-0.4, -0.2) is 77.6 Å². The van der Waals surface area contributed by atoms with Gasteiger partial charge in [0.25, 0.3) is 5.91 Å². The number of hydrogen-bond acceptors (Lipinski definition) is 6. The average molecular weight is 756 g/mol. The van der Waals surface area contributed by atoms with Gasteiger partial charge in [0.1, 0.15) is 18.7 Å². The molecule has 2 aromatic carbocycles. The van der Waals surface area contributed by atoms with Gasteiger partial charge in [-0.25, -0.2) is 9.67 Å². The van der Waals surface area contributed by atoms with Crippen LogP contribution in [-0.2, 0) is 9.53 Å². The van der Waals surface area contributed by atoms with E-state index in [1.165, 1.54) is 29.7 Å². The quantitative estimate of drug-likeness (QED) is 0.0704. The molecule has 6 N–H and O–H groups in total. The summed E-state index contributed by atoms with van der Waals surface area (Å²) < 4.78 is 65.4. The largest absolute Gasteiger partial charge is 0.405 e. The van der Waals surface area contributed by atoms with Crippen LogP contribution in [0.4, 0.5) is 22.0 Å². The Morgan fingerprint density at radius 3 is 2.21 bits per heavy atom. The second-order valence-electron chi connectivity index (χ2n) is 12.9. The minimum absolute atomic E-state index is 0.00743. The Morgan fingerprint density at radius 1 is 1.13 bits per heavy atom. The van der Waals surface area contributed by atoms with Crippen molar-refractivity contribution in [3.05, 3.63) is 76.6 Å². The molecule has 284 valence electrons. The second-order valence-corrected chi connectivity index (χ2v) is 13.3. The fourth-order valence-electron chi connectivity index (χ4n) is 4.08. The highest BCUT2D eigenvalue weighted by Crippen LogP contribution is 2.31. The number of aromatic nitrogens is 2. The van der Waals surface area contributed by atoms with E-state index in [2.05, 4.69) is 42.8 Å². The van der Waals surface area contributed by atoms with E-state index in [4.69, 9.17) is 33.2 Å². The van der Waals surface area contributed by atoms with E-state index in [-0.39, 0.29) is 30.9 Å². The van der Waals surface area contributed by atoms with Crippen molar-refractivity contribution in [1.29, 1.82) is 5.41 Å². The van der Waals surface area contributed by atoms with Crippen molar-refractivity contribution in [3.63, 3.8) is 0 Å². The van der Waals surface area contributed by atoms with Gasteiger partial charge in [0.15, 0.2) is 5.96 Å². The van der Waals surface area contributed by atoms with E-state index in [0.29, 0.717) is 42.9 Å². The standard InChI is InChI=1S/C26H27ClF2N8O2.C5H12.C3H4F3NO/c1-33-26(32)37(24(38)16-4-2-15(3-5-16)18-11-35-36(12-18)25(28)29)22(13-39-19-7-8-19)17-6-9-21(27)20(10-17)23(31)34-14-30;1-5(2,3)4;4-3(5,6)1-7-2-8/h2-6,9-12,14,19,22,25H,7-8,13H2,1H3,(H2,32,33)(H3,30,31,34);1-4H3;2H,1H2,(H,7,8). The van der Waals surface area contributed by atoms with Crippen LogP contribution in [0.25, 0.3) is 11.1 Å². The third kappa shape index (κ3) is 14.8. The number of hydrogen-bond donors (Lipinski definition) is 4. The van der Waals surface area contributed by atoms with Crippen molar-refractivity contribution in [2.75, 3.05) is 20.2 Å². The molecule has 1 aromatic heterocycles. The number of nitrogens with one attached hydrogen (secondary N) is 2. The van der Waals surface area contributed by atoms with Crippen LogP contribution in [0.3, 0.4) is 0 Å². The Kier molecular flexibility index (Phi) is 16.3. The van der Waals surface area contributed by atoms with Crippen molar-refractivity contribution in [3.8, 4) is 11.1 Å². The summed E-state index contributed by atoms with van der Waals surface area (Å²) in [5.41, 5.74) is 15.2. The molecule has 1 fully saturated rings. The maximum atomic E-state index is 13.8. The zero-order valence-corrected chi connectivity index (χ0v) is 30.1. The van der Waals surface area contributed by atoms with Crippen molar-refractivity contribution < 1.29 is 36.3 Å². The molecule has 1 unspecified atom stereocenters. The minimum atomic E-state index is -4.29. The molecule has 1 aliphatic rings. The summed E-state index contributed by atoms with van der Waals surface area (Å²) in [6.45, 7) is 4.87. The Labute approximate surface area is 303 Å². The van der Waals surface area contributed by atoms with Gasteiger partial charge in [-0.05, 0) is 53.6 Å². The number of aliphatic imine (C=N–C) groups is 2. The maximum absolute atomic E-state index is 13.8. The summed E-state index contributed by atoms with van der Waals surface area (Å²) in [5.74, 6) is -0.446. The first-order chi connectivity index (χ1) is 24.3. The molecule has 0 radical (unpaired) electrons. The van der Waals surface area contributed by atoms with Gasteiger partial charge in [-0.1, -0.05) is 57.5 Å². The van der Waals surface area contributed by atoms with Crippen LogP contribution < -0.4 is 16.8 Å². The second kappa shape index (κ2) is 19.6. The molecule has 0 bridgehead atoms. The number of benzene rings is 2. The number of amides is 2. The summed E-state index contributed by atoms with van der Waals surface area (Å²) in [5, 5.41) is 12.7. The number of amidine groups is 1. The summed E-state index contributed by atoms with van der Waals surface area (Å²) in [6, 6.07) is 10.8. The molecule has 4 rings (SSSR count). The first-order valence-electron chi connectivity index (χ1n) is 15.8.